The van der Waals surface area contributed by atoms with Crippen molar-refractivity contribution in [2.24, 2.45) is 5.41 Å². The van der Waals surface area contributed by atoms with E-state index in [1.807, 2.05) is 14.0 Å². The number of nitrogens with one attached hydrogen (secondary N) is 1. The Kier molecular flexibility index (Phi) is 4.78. The van der Waals surface area contributed by atoms with Gasteiger partial charge in [0.2, 0.25) is 0 Å². The molecule has 1 unspecified atom stereocenters. The average Bonchev–Trinajstić information content (AvgIpc) is 2.50. The molecule has 0 radical (unpaired) electrons. The number of hydrogen-bond acceptors (Lipinski definition) is 2. The summed E-state index contributed by atoms with van der Waals surface area (Å²) in [4.78, 5) is 0. The Labute approximate surface area is 113 Å². The van der Waals surface area contributed by atoms with E-state index < -0.39 is 0 Å². The van der Waals surface area contributed by atoms with E-state index in [0.717, 1.165) is 23.1 Å². The molecule has 0 saturated carbocycles. The molecule has 1 aromatic rings. The minimum Gasteiger partial charge on any atom is -0.316 e. The summed E-state index contributed by atoms with van der Waals surface area (Å²) < 4.78 is 3.25. The molecular weight excluding hydrogens is 278 g/mol. The molecule has 98 valence electrons. The van der Waals surface area contributed by atoms with E-state index >= 15 is 0 Å². The highest BCUT2D eigenvalue weighted by molar-refractivity contribution is 9.10. The average molecular weight is 302 g/mol. The SMILES string of the molecule is CCn1nc(C)c(Br)c1CC(NC)C(C)(C)C. The molecule has 1 N–H and O–H groups in total. The van der Waals surface area contributed by atoms with Crippen LogP contribution in [0.4, 0.5) is 0 Å². The highest BCUT2D eigenvalue weighted by Gasteiger charge is 2.26. The third-order valence-corrected chi connectivity index (χ3v) is 4.28. The van der Waals surface area contributed by atoms with Crippen LogP contribution < -0.4 is 5.32 Å². The van der Waals surface area contributed by atoms with Gasteiger partial charge in [0.25, 0.3) is 0 Å². The van der Waals surface area contributed by atoms with E-state index in [2.05, 4.69) is 58.7 Å². The Hall–Kier alpha value is -0.350. The second-order valence-corrected chi connectivity index (χ2v) is 6.37. The predicted octanol–water partition coefficient (Wildman–Crippen LogP) is 3.15. The van der Waals surface area contributed by atoms with E-state index in [0.29, 0.717) is 6.04 Å². The van der Waals surface area contributed by atoms with Crippen LogP contribution in [0.1, 0.15) is 39.1 Å². The smallest absolute Gasteiger partial charge is 0.0738 e. The lowest BCUT2D eigenvalue weighted by Gasteiger charge is -2.30. The maximum absolute atomic E-state index is 4.54. The summed E-state index contributed by atoms with van der Waals surface area (Å²) in [5.74, 6) is 0. The van der Waals surface area contributed by atoms with Crippen LogP contribution in [0.2, 0.25) is 0 Å². The van der Waals surface area contributed by atoms with Gasteiger partial charge in [-0.05, 0) is 42.2 Å². The van der Waals surface area contributed by atoms with Crippen LogP contribution in [-0.2, 0) is 13.0 Å². The molecule has 1 rings (SSSR count). The summed E-state index contributed by atoms with van der Waals surface area (Å²) in [6.07, 6.45) is 0.995. The van der Waals surface area contributed by atoms with Gasteiger partial charge >= 0.3 is 0 Å². The highest BCUT2D eigenvalue weighted by atomic mass is 79.9. The zero-order chi connectivity index (χ0) is 13.2. The molecule has 0 aromatic carbocycles. The van der Waals surface area contributed by atoms with E-state index in [9.17, 15) is 0 Å². The standard InChI is InChI=1S/C13H24BrN3/c1-7-17-10(12(14)9(2)16-17)8-11(15-6)13(3,4)5/h11,15H,7-8H2,1-6H3. The van der Waals surface area contributed by atoms with Gasteiger partial charge in [0.15, 0.2) is 0 Å². The first-order chi connectivity index (χ1) is 7.81. The second kappa shape index (κ2) is 5.53. The molecule has 0 saturated heterocycles. The largest absolute Gasteiger partial charge is 0.316 e. The van der Waals surface area contributed by atoms with Gasteiger partial charge in [0.05, 0.1) is 15.9 Å². The van der Waals surface area contributed by atoms with Gasteiger partial charge < -0.3 is 5.32 Å². The lowest BCUT2D eigenvalue weighted by Crippen LogP contribution is -2.40. The van der Waals surface area contributed by atoms with Crippen LogP contribution in [0.5, 0.6) is 0 Å². The summed E-state index contributed by atoms with van der Waals surface area (Å²) in [7, 11) is 2.03. The van der Waals surface area contributed by atoms with Gasteiger partial charge in [0.1, 0.15) is 0 Å². The van der Waals surface area contributed by atoms with Crippen molar-refractivity contribution in [2.75, 3.05) is 7.05 Å². The first-order valence-electron chi connectivity index (χ1n) is 6.20. The van der Waals surface area contributed by atoms with Gasteiger partial charge in [-0.2, -0.15) is 5.10 Å². The van der Waals surface area contributed by atoms with Gasteiger partial charge in [-0.1, -0.05) is 20.8 Å². The molecule has 4 heteroatoms. The van der Waals surface area contributed by atoms with E-state index in [4.69, 9.17) is 0 Å². The van der Waals surface area contributed by atoms with Crippen LogP contribution >= 0.6 is 15.9 Å². The molecule has 0 aliphatic heterocycles. The molecular formula is C13H24BrN3. The zero-order valence-corrected chi connectivity index (χ0v) is 13.3. The van der Waals surface area contributed by atoms with Crippen LogP contribution in [0.25, 0.3) is 0 Å². The Morgan fingerprint density at radius 3 is 2.41 bits per heavy atom. The van der Waals surface area contributed by atoms with Gasteiger partial charge in [-0.25, -0.2) is 0 Å². The summed E-state index contributed by atoms with van der Waals surface area (Å²) >= 11 is 3.66. The molecule has 1 aromatic heterocycles. The van der Waals surface area contributed by atoms with Crippen LogP contribution in [0.15, 0.2) is 4.47 Å². The van der Waals surface area contributed by atoms with Crippen molar-refractivity contribution >= 4 is 15.9 Å². The summed E-state index contributed by atoms with van der Waals surface area (Å²) in [6, 6.07) is 0.445. The molecule has 0 aliphatic rings. The van der Waals surface area contributed by atoms with Crippen molar-refractivity contribution in [2.45, 2.75) is 53.6 Å². The van der Waals surface area contributed by atoms with Crippen molar-refractivity contribution in [3.63, 3.8) is 0 Å². The van der Waals surface area contributed by atoms with Gasteiger partial charge in [-0.15, -0.1) is 0 Å². The first-order valence-corrected chi connectivity index (χ1v) is 6.99. The van der Waals surface area contributed by atoms with E-state index in [1.54, 1.807) is 0 Å². The molecule has 17 heavy (non-hydrogen) atoms. The summed E-state index contributed by atoms with van der Waals surface area (Å²) in [5, 5.41) is 7.96. The predicted molar refractivity (Wildman–Crippen MR) is 76.3 cm³/mol. The Balaban J connectivity index is 3.01. The molecule has 0 fully saturated rings. The first kappa shape index (κ1) is 14.7. The van der Waals surface area contributed by atoms with Crippen LogP contribution in [0.3, 0.4) is 0 Å². The topological polar surface area (TPSA) is 29.9 Å². The fourth-order valence-corrected chi connectivity index (χ4v) is 2.54. The normalized spacial score (nSPS) is 14.1. The number of hydrogen-bond donors (Lipinski definition) is 1. The Morgan fingerprint density at radius 2 is 2.00 bits per heavy atom. The molecule has 1 heterocycles. The molecule has 0 bridgehead atoms. The molecule has 1 atom stereocenters. The summed E-state index contributed by atoms with van der Waals surface area (Å²) in [6.45, 7) is 11.9. The number of nitrogens with zero attached hydrogens (tertiary/aromatic N) is 2. The van der Waals surface area contributed by atoms with Crippen molar-refractivity contribution in [1.29, 1.82) is 0 Å². The molecule has 0 aliphatic carbocycles. The summed E-state index contributed by atoms with van der Waals surface area (Å²) in [5.41, 5.74) is 2.61. The highest BCUT2D eigenvalue weighted by Crippen LogP contribution is 2.27. The number of aryl methyl sites for hydroxylation is 2. The lowest BCUT2D eigenvalue weighted by molar-refractivity contribution is 0.275. The number of likely N-dealkylation sites (N-methyl/N-ethyl adjacent to an activating group) is 1. The van der Waals surface area contributed by atoms with E-state index in [-0.39, 0.29) is 5.41 Å². The van der Waals surface area contributed by atoms with E-state index in [1.165, 1.54) is 5.69 Å². The van der Waals surface area contributed by atoms with Crippen LogP contribution in [0, 0.1) is 12.3 Å². The molecule has 3 nitrogen and oxygen atoms in total. The fraction of sp³-hybridized carbons (Fsp3) is 0.769. The molecule has 0 spiro atoms. The Bertz CT molecular complexity index is 377. The van der Waals surface area contributed by atoms with Crippen molar-refractivity contribution in [3.05, 3.63) is 15.9 Å². The number of aromatic nitrogens is 2. The minimum atomic E-state index is 0.241. The lowest BCUT2D eigenvalue weighted by atomic mass is 9.84. The quantitative estimate of drug-likeness (QED) is 0.926. The van der Waals surface area contributed by atoms with Crippen molar-refractivity contribution in [3.8, 4) is 0 Å². The van der Waals surface area contributed by atoms with Gasteiger partial charge in [-0.3, -0.25) is 4.68 Å². The Morgan fingerprint density at radius 1 is 1.41 bits per heavy atom. The monoisotopic (exact) mass is 301 g/mol. The maximum Gasteiger partial charge on any atom is 0.0738 e. The maximum atomic E-state index is 4.54. The zero-order valence-electron chi connectivity index (χ0n) is 11.8. The van der Waals surface area contributed by atoms with Crippen molar-refractivity contribution < 1.29 is 0 Å². The number of halogens is 1. The third kappa shape index (κ3) is 3.32. The third-order valence-electron chi connectivity index (χ3n) is 3.24. The van der Waals surface area contributed by atoms with Gasteiger partial charge in [0, 0.05) is 19.0 Å². The van der Waals surface area contributed by atoms with Crippen LogP contribution in [-0.4, -0.2) is 22.9 Å². The number of rotatable bonds is 4. The fourth-order valence-electron chi connectivity index (χ4n) is 2.10. The minimum absolute atomic E-state index is 0.241. The molecule has 0 amide bonds. The van der Waals surface area contributed by atoms with Crippen molar-refractivity contribution in [1.82, 2.24) is 15.1 Å². The second-order valence-electron chi connectivity index (χ2n) is 5.57.